The molecule has 0 aliphatic rings. The van der Waals surface area contributed by atoms with Gasteiger partial charge in [-0.15, -0.1) is 0 Å². The molecule has 0 aliphatic heterocycles. The van der Waals surface area contributed by atoms with E-state index in [9.17, 15) is 14.4 Å². The van der Waals surface area contributed by atoms with Gasteiger partial charge in [-0.05, 0) is 18.6 Å². The SMILES string of the molecule is COc1ccc(C(CC(=O)O)NC(=O)CCCC(=O)N(C)C)c(OC)c1. The number of carboxylic acid groups (broad SMARTS) is 1. The molecule has 0 aliphatic carbocycles. The van der Waals surface area contributed by atoms with E-state index in [1.165, 1.54) is 19.1 Å². The van der Waals surface area contributed by atoms with Gasteiger partial charge in [-0.25, -0.2) is 0 Å². The Morgan fingerprint density at radius 3 is 2.38 bits per heavy atom. The molecule has 0 heterocycles. The number of rotatable bonds is 10. The van der Waals surface area contributed by atoms with Crippen LogP contribution in [0.4, 0.5) is 0 Å². The van der Waals surface area contributed by atoms with Gasteiger partial charge in [-0.1, -0.05) is 0 Å². The van der Waals surface area contributed by atoms with Crippen LogP contribution in [0, 0.1) is 0 Å². The minimum Gasteiger partial charge on any atom is -0.497 e. The molecule has 8 nitrogen and oxygen atoms in total. The molecule has 2 amide bonds. The van der Waals surface area contributed by atoms with Crippen molar-refractivity contribution in [3.05, 3.63) is 23.8 Å². The topological polar surface area (TPSA) is 105 Å². The first-order valence-corrected chi connectivity index (χ1v) is 8.21. The molecule has 144 valence electrons. The summed E-state index contributed by atoms with van der Waals surface area (Å²) in [4.78, 5) is 36.4. The Morgan fingerprint density at radius 2 is 1.85 bits per heavy atom. The van der Waals surface area contributed by atoms with Gasteiger partial charge in [-0.3, -0.25) is 14.4 Å². The third-order valence-corrected chi connectivity index (χ3v) is 3.82. The van der Waals surface area contributed by atoms with Crippen molar-refractivity contribution >= 4 is 17.8 Å². The summed E-state index contributed by atoms with van der Waals surface area (Å²) >= 11 is 0. The Hall–Kier alpha value is -2.77. The van der Waals surface area contributed by atoms with Crippen LogP contribution in [0.1, 0.15) is 37.3 Å². The first-order valence-electron chi connectivity index (χ1n) is 8.21. The molecule has 26 heavy (non-hydrogen) atoms. The highest BCUT2D eigenvalue weighted by atomic mass is 16.5. The number of ether oxygens (including phenoxy) is 2. The largest absolute Gasteiger partial charge is 0.497 e. The van der Waals surface area contributed by atoms with E-state index in [0.29, 0.717) is 23.5 Å². The maximum atomic E-state index is 12.2. The number of benzene rings is 1. The van der Waals surface area contributed by atoms with E-state index in [2.05, 4.69) is 5.32 Å². The van der Waals surface area contributed by atoms with Crippen molar-refractivity contribution in [3.63, 3.8) is 0 Å². The summed E-state index contributed by atoms with van der Waals surface area (Å²) in [7, 11) is 6.28. The first kappa shape index (κ1) is 21.3. The van der Waals surface area contributed by atoms with Crippen LogP contribution in [-0.2, 0) is 14.4 Å². The molecule has 0 aromatic heterocycles. The molecule has 1 rings (SSSR count). The van der Waals surface area contributed by atoms with Crippen LogP contribution in [-0.4, -0.2) is 56.1 Å². The summed E-state index contributed by atoms with van der Waals surface area (Å²) in [5, 5.41) is 11.9. The molecule has 0 saturated heterocycles. The zero-order valence-corrected chi connectivity index (χ0v) is 15.6. The molecule has 1 aromatic carbocycles. The van der Waals surface area contributed by atoms with Gasteiger partial charge < -0.3 is 24.8 Å². The van der Waals surface area contributed by atoms with E-state index in [1.807, 2.05) is 0 Å². The normalized spacial score (nSPS) is 11.4. The van der Waals surface area contributed by atoms with Crippen LogP contribution < -0.4 is 14.8 Å². The van der Waals surface area contributed by atoms with E-state index in [1.54, 1.807) is 32.3 Å². The number of carbonyl (C=O) groups is 3. The molecule has 0 radical (unpaired) electrons. The van der Waals surface area contributed by atoms with Crippen molar-refractivity contribution in [1.29, 1.82) is 0 Å². The Bertz CT molecular complexity index is 645. The number of hydrogen-bond donors (Lipinski definition) is 2. The van der Waals surface area contributed by atoms with Crippen molar-refractivity contribution < 1.29 is 29.0 Å². The molecule has 2 N–H and O–H groups in total. The third kappa shape index (κ3) is 6.62. The van der Waals surface area contributed by atoms with Crippen LogP contribution >= 0.6 is 0 Å². The van der Waals surface area contributed by atoms with Crippen molar-refractivity contribution in [2.45, 2.75) is 31.7 Å². The van der Waals surface area contributed by atoms with Gasteiger partial charge in [0.25, 0.3) is 0 Å². The van der Waals surface area contributed by atoms with Crippen LogP contribution in [0.25, 0.3) is 0 Å². The lowest BCUT2D eigenvalue weighted by Crippen LogP contribution is -2.30. The van der Waals surface area contributed by atoms with E-state index < -0.39 is 12.0 Å². The molecule has 0 fully saturated rings. The maximum Gasteiger partial charge on any atom is 0.305 e. The van der Waals surface area contributed by atoms with Gasteiger partial charge >= 0.3 is 5.97 Å². The fourth-order valence-corrected chi connectivity index (χ4v) is 2.41. The summed E-state index contributed by atoms with van der Waals surface area (Å²) < 4.78 is 10.4. The molecule has 1 unspecified atom stereocenters. The fourth-order valence-electron chi connectivity index (χ4n) is 2.41. The van der Waals surface area contributed by atoms with Crippen LogP contribution in [0.3, 0.4) is 0 Å². The number of aliphatic carboxylic acids is 1. The number of amides is 2. The second-order valence-electron chi connectivity index (χ2n) is 5.97. The quantitative estimate of drug-likeness (QED) is 0.652. The number of nitrogens with one attached hydrogen (secondary N) is 1. The third-order valence-electron chi connectivity index (χ3n) is 3.82. The molecule has 1 atom stereocenters. The van der Waals surface area contributed by atoms with Gasteiger partial charge in [0.1, 0.15) is 11.5 Å². The van der Waals surface area contributed by atoms with Crippen LogP contribution in [0.15, 0.2) is 18.2 Å². The average molecular weight is 366 g/mol. The minimum atomic E-state index is -1.05. The van der Waals surface area contributed by atoms with Crippen LogP contribution in [0.5, 0.6) is 11.5 Å². The van der Waals surface area contributed by atoms with Gasteiger partial charge in [0.15, 0.2) is 0 Å². The fraction of sp³-hybridized carbons (Fsp3) is 0.500. The Labute approximate surface area is 153 Å². The Balaban J connectivity index is 2.83. The molecular weight excluding hydrogens is 340 g/mol. The maximum absolute atomic E-state index is 12.2. The van der Waals surface area contributed by atoms with E-state index in [4.69, 9.17) is 14.6 Å². The highest BCUT2D eigenvalue weighted by Gasteiger charge is 2.22. The average Bonchev–Trinajstić information content (AvgIpc) is 2.59. The molecule has 1 aromatic rings. The van der Waals surface area contributed by atoms with Gasteiger partial charge in [0.2, 0.25) is 11.8 Å². The van der Waals surface area contributed by atoms with E-state index in [-0.39, 0.29) is 31.1 Å². The predicted molar refractivity (Wildman–Crippen MR) is 95.2 cm³/mol. The zero-order chi connectivity index (χ0) is 19.7. The lowest BCUT2D eigenvalue weighted by molar-refractivity contribution is -0.137. The first-order chi connectivity index (χ1) is 12.3. The summed E-state index contributed by atoms with van der Waals surface area (Å²) in [5.74, 6) is -0.430. The molecule has 0 saturated carbocycles. The van der Waals surface area contributed by atoms with Gasteiger partial charge in [0, 0.05) is 38.6 Å². The monoisotopic (exact) mass is 366 g/mol. The minimum absolute atomic E-state index is 0.0586. The smallest absolute Gasteiger partial charge is 0.305 e. The second-order valence-corrected chi connectivity index (χ2v) is 5.97. The number of carboxylic acids is 1. The van der Waals surface area contributed by atoms with E-state index in [0.717, 1.165) is 0 Å². The molecule has 0 spiro atoms. The predicted octanol–water partition coefficient (Wildman–Crippen LogP) is 1.59. The Kier molecular flexibility index (Phi) is 8.41. The Morgan fingerprint density at radius 1 is 1.15 bits per heavy atom. The van der Waals surface area contributed by atoms with Crippen molar-refractivity contribution in [3.8, 4) is 11.5 Å². The molecule has 8 heteroatoms. The lowest BCUT2D eigenvalue weighted by Gasteiger charge is -2.20. The lowest BCUT2D eigenvalue weighted by atomic mass is 10.0. The highest BCUT2D eigenvalue weighted by Crippen LogP contribution is 2.31. The van der Waals surface area contributed by atoms with Gasteiger partial charge in [-0.2, -0.15) is 0 Å². The molecular formula is C18H26N2O6. The summed E-state index contributed by atoms with van der Waals surface area (Å²) in [6, 6.07) is 4.23. The number of methoxy groups -OCH3 is 2. The number of nitrogens with zero attached hydrogens (tertiary/aromatic N) is 1. The van der Waals surface area contributed by atoms with Crippen molar-refractivity contribution in [2.24, 2.45) is 0 Å². The van der Waals surface area contributed by atoms with Crippen molar-refractivity contribution in [1.82, 2.24) is 10.2 Å². The summed E-state index contributed by atoms with van der Waals surface area (Å²) in [5.41, 5.74) is 0.549. The zero-order valence-electron chi connectivity index (χ0n) is 15.6. The highest BCUT2D eigenvalue weighted by molar-refractivity contribution is 5.79. The van der Waals surface area contributed by atoms with Crippen LogP contribution in [0.2, 0.25) is 0 Å². The summed E-state index contributed by atoms with van der Waals surface area (Å²) in [6.45, 7) is 0. The molecule has 0 bridgehead atoms. The standard InChI is InChI=1S/C18H26N2O6/c1-20(2)17(22)7-5-6-16(21)19-14(11-18(23)24)13-9-8-12(25-3)10-15(13)26-4/h8-10,14H,5-7,11H2,1-4H3,(H,19,21)(H,23,24). The number of carbonyl (C=O) groups excluding carboxylic acids is 2. The van der Waals surface area contributed by atoms with Crippen molar-refractivity contribution in [2.75, 3.05) is 28.3 Å². The van der Waals surface area contributed by atoms with Gasteiger partial charge in [0.05, 0.1) is 26.7 Å². The summed E-state index contributed by atoms with van der Waals surface area (Å²) in [6.07, 6.45) is 0.498. The second kappa shape index (κ2) is 10.3. The number of hydrogen-bond acceptors (Lipinski definition) is 5. The van der Waals surface area contributed by atoms with E-state index >= 15 is 0 Å².